The summed E-state index contributed by atoms with van der Waals surface area (Å²) >= 11 is 3.49. The van der Waals surface area contributed by atoms with Gasteiger partial charge in [0.1, 0.15) is 0 Å². The Balaban J connectivity index is 1.98. The maximum absolute atomic E-state index is 5.77. The number of rotatable bonds is 1. The van der Waals surface area contributed by atoms with E-state index < -0.39 is 0 Å². The highest BCUT2D eigenvalue weighted by molar-refractivity contribution is 9.10. The van der Waals surface area contributed by atoms with Crippen molar-refractivity contribution in [1.82, 2.24) is 4.90 Å². The van der Waals surface area contributed by atoms with Crippen molar-refractivity contribution in [2.45, 2.75) is 6.04 Å². The summed E-state index contributed by atoms with van der Waals surface area (Å²) in [5.41, 5.74) is 6.88. The quantitative estimate of drug-likeness (QED) is 0.853. The second-order valence-electron chi connectivity index (χ2n) is 4.06. The molecule has 0 aromatic heterocycles. The number of guanidine groups is 1. The molecule has 0 bridgehead atoms. The van der Waals surface area contributed by atoms with Crippen LogP contribution in [0.15, 0.2) is 21.6 Å². The van der Waals surface area contributed by atoms with Gasteiger partial charge in [0, 0.05) is 7.05 Å². The second-order valence-corrected chi connectivity index (χ2v) is 4.92. The second kappa shape index (κ2) is 3.80. The molecular weight excluding hydrogens is 286 g/mol. The molecule has 1 aromatic rings. The molecule has 1 unspecified atom stereocenters. The van der Waals surface area contributed by atoms with Crippen molar-refractivity contribution in [2.75, 3.05) is 20.4 Å². The number of halogens is 1. The molecule has 0 fully saturated rings. The maximum atomic E-state index is 5.77. The fraction of sp³-hybridized carbons (Fsp3) is 0.364. The van der Waals surface area contributed by atoms with Crippen LogP contribution in [0.1, 0.15) is 11.6 Å². The lowest BCUT2D eigenvalue weighted by Gasteiger charge is -2.22. The monoisotopic (exact) mass is 297 g/mol. The number of nitrogens with zero attached hydrogens (tertiary/aromatic N) is 2. The number of likely N-dealkylation sites (N-methyl/N-ethyl adjacent to an activating group) is 1. The third-order valence-electron chi connectivity index (χ3n) is 3.09. The van der Waals surface area contributed by atoms with Gasteiger partial charge < -0.3 is 20.1 Å². The normalized spacial score (nSPS) is 21.9. The average Bonchev–Trinajstić information content (AvgIpc) is 2.88. The van der Waals surface area contributed by atoms with Crippen LogP contribution in [0, 0.1) is 0 Å². The molecule has 0 saturated carbocycles. The molecule has 0 spiro atoms. The van der Waals surface area contributed by atoms with Gasteiger partial charge in [-0.2, -0.15) is 0 Å². The van der Waals surface area contributed by atoms with Gasteiger partial charge in [0.15, 0.2) is 17.5 Å². The molecule has 3 rings (SSSR count). The average molecular weight is 298 g/mol. The lowest BCUT2D eigenvalue weighted by Crippen LogP contribution is -2.32. The van der Waals surface area contributed by atoms with E-state index in [1.54, 1.807) is 0 Å². The number of fused-ring (bicyclic) bond motifs is 1. The van der Waals surface area contributed by atoms with Crippen molar-refractivity contribution in [2.24, 2.45) is 10.7 Å². The minimum Gasteiger partial charge on any atom is -0.454 e. The van der Waals surface area contributed by atoms with Gasteiger partial charge in [0.05, 0.1) is 17.1 Å². The summed E-state index contributed by atoms with van der Waals surface area (Å²) in [6.07, 6.45) is 0. The molecule has 17 heavy (non-hydrogen) atoms. The number of nitrogens with two attached hydrogens (primary N) is 1. The Morgan fingerprint density at radius 3 is 3.00 bits per heavy atom. The third kappa shape index (κ3) is 1.63. The molecule has 5 nitrogen and oxygen atoms in total. The van der Waals surface area contributed by atoms with Crippen LogP contribution in [0.3, 0.4) is 0 Å². The van der Waals surface area contributed by atoms with E-state index in [-0.39, 0.29) is 12.8 Å². The van der Waals surface area contributed by atoms with E-state index in [4.69, 9.17) is 15.2 Å². The van der Waals surface area contributed by atoms with Crippen molar-refractivity contribution < 1.29 is 9.47 Å². The van der Waals surface area contributed by atoms with Crippen LogP contribution in [-0.2, 0) is 0 Å². The van der Waals surface area contributed by atoms with E-state index in [1.165, 1.54) is 0 Å². The Hall–Kier alpha value is -1.43. The van der Waals surface area contributed by atoms with Gasteiger partial charge in [0.25, 0.3) is 0 Å². The van der Waals surface area contributed by atoms with Crippen molar-refractivity contribution in [3.63, 3.8) is 0 Å². The van der Waals surface area contributed by atoms with Crippen LogP contribution in [0.25, 0.3) is 0 Å². The van der Waals surface area contributed by atoms with Gasteiger partial charge in [-0.05, 0) is 33.6 Å². The van der Waals surface area contributed by atoms with Crippen molar-refractivity contribution >= 4 is 21.9 Å². The van der Waals surface area contributed by atoms with Crippen LogP contribution in [0.2, 0.25) is 0 Å². The van der Waals surface area contributed by atoms with E-state index >= 15 is 0 Å². The molecule has 0 saturated heterocycles. The number of benzene rings is 1. The maximum Gasteiger partial charge on any atom is 0.231 e. The van der Waals surface area contributed by atoms with Gasteiger partial charge in [0.2, 0.25) is 6.79 Å². The lowest BCUT2D eigenvalue weighted by atomic mass is 10.1. The first-order valence-electron chi connectivity index (χ1n) is 5.28. The summed E-state index contributed by atoms with van der Waals surface area (Å²) in [6, 6.07) is 4.19. The third-order valence-corrected chi connectivity index (χ3v) is 3.68. The Bertz CT molecular complexity index is 504. The Morgan fingerprint density at radius 2 is 2.29 bits per heavy atom. The predicted molar refractivity (Wildman–Crippen MR) is 67.3 cm³/mol. The van der Waals surface area contributed by atoms with Crippen molar-refractivity contribution in [3.8, 4) is 11.5 Å². The van der Waals surface area contributed by atoms with Crippen LogP contribution < -0.4 is 15.2 Å². The Morgan fingerprint density at radius 1 is 1.47 bits per heavy atom. The van der Waals surface area contributed by atoms with E-state index in [9.17, 15) is 0 Å². The molecule has 0 aliphatic carbocycles. The summed E-state index contributed by atoms with van der Waals surface area (Å²) in [7, 11) is 1.94. The molecular formula is C11H12BrN3O2. The van der Waals surface area contributed by atoms with Crippen molar-refractivity contribution in [3.05, 3.63) is 22.2 Å². The van der Waals surface area contributed by atoms with Crippen LogP contribution >= 0.6 is 15.9 Å². The van der Waals surface area contributed by atoms with Crippen LogP contribution in [0.4, 0.5) is 0 Å². The standard InChI is InChI=1S/C11H12BrN3O2/c1-15-8(4-14-11(15)13)6-2-7(12)10-9(3-6)16-5-17-10/h2-3,8H,4-5H2,1H3,(H2,13,14). The summed E-state index contributed by atoms with van der Waals surface area (Å²) < 4.78 is 11.7. The molecule has 1 atom stereocenters. The SMILES string of the molecule is CN1C(N)=NCC1c1cc(Br)c2c(c1)OCO2. The molecule has 2 aliphatic rings. The minimum atomic E-state index is 0.167. The number of hydrogen-bond acceptors (Lipinski definition) is 5. The molecule has 0 amide bonds. The summed E-state index contributed by atoms with van der Waals surface area (Å²) in [6.45, 7) is 0.949. The molecule has 0 radical (unpaired) electrons. The van der Waals surface area contributed by atoms with Gasteiger partial charge >= 0.3 is 0 Å². The predicted octanol–water partition coefficient (Wildman–Crippen LogP) is 1.48. The molecule has 2 heterocycles. The fourth-order valence-corrected chi connectivity index (χ4v) is 2.66. The van der Waals surface area contributed by atoms with Gasteiger partial charge in [-0.25, -0.2) is 0 Å². The highest BCUT2D eigenvalue weighted by Crippen LogP contribution is 2.42. The fourth-order valence-electron chi connectivity index (χ4n) is 2.08. The van der Waals surface area contributed by atoms with Gasteiger partial charge in [-0.3, -0.25) is 4.99 Å². The molecule has 6 heteroatoms. The summed E-state index contributed by atoms with van der Waals surface area (Å²) in [5, 5.41) is 0. The van der Waals surface area contributed by atoms with E-state index in [1.807, 2.05) is 24.1 Å². The van der Waals surface area contributed by atoms with Gasteiger partial charge in [-0.15, -0.1) is 0 Å². The zero-order valence-electron chi connectivity index (χ0n) is 9.31. The first-order valence-corrected chi connectivity index (χ1v) is 6.08. The topological polar surface area (TPSA) is 60.1 Å². The van der Waals surface area contributed by atoms with Gasteiger partial charge in [-0.1, -0.05) is 0 Å². The number of ether oxygens (including phenoxy) is 2. The zero-order valence-corrected chi connectivity index (χ0v) is 10.9. The number of aliphatic imine (C=N–C) groups is 1. The zero-order chi connectivity index (χ0) is 12.0. The van der Waals surface area contributed by atoms with E-state index in [0.29, 0.717) is 12.5 Å². The smallest absolute Gasteiger partial charge is 0.231 e. The summed E-state index contributed by atoms with van der Waals surface area (Å²) in [4.78, 5) is 6.19. The molecule has 1 aromatic carbocycles. The largest absolute Gasteiger partial charge is 0.454 e. The Kier molecular flexibility index (Phi) is 2.39. The summed E-state index contributed by atoms with van der Waals surface area (Å²) in [5.74, 6) is 2.11. The van der Waals surface area contributed by atoms with Crippen LogP contribution in [-0.4, -0.2) is 31.2 Å². The van der Waals surface area contributed by atoms with Crippen LogP contribution in [0.5, 0.6) is 11.5 Å². The van der Waals surface area contributed by atoms with Crippen molar-refractivity contribution in [1.29, 1.82) is 0 Å². The highest BCUT2D eigenvalue weighted by Gasteiger charge is 2.27. The first kappa shape index (κ1) is 10.7. The molecule has 2 aliphatic heterocycles. The highest BCUT2D eigenvalue weighted by atomic mass is 79.9. The molecule has 90 valence electrons. The minimum absolute atomic E-state index is 0.167. The number of hydrogen-bond donors (Lipinski definition) is 1. The molecule has 2 N–H and O–H groups in total. The van der Waals surface area contributed by atoms with E-state index in [2.05, 4.69) is 20.9 Å². The lowest BCUT2D eigenvalue weighted by molar-refractivity contribution is 0.173. The van der Waals surface area contributed by atoms with E-state index in [0.717, 1.165) is 21.5 Å². The first-order chi connectivity index (χ1) is 8.16. The Labute approximate surface area is 107 Å².